The predicted molar refractivity (Wildman–Crippen MR) is 107 cm³/mol. The van der Waals surface area contributed by atoms with E-state index in [0.29, 0.717) is 16.9 Å². The van der Waals surface area contributed by atoms with Crippen LogP contribution in [-0.4, -0.2) is 45.9 Å². The second-order valence-electron chi connectivity index (χ2n) is 6.77. The molecule has 3 aromatic heterocycles. The summed E-state index contributed by atoms with van der Waals surface area (Å²) in [7, 11) is 1.80. The van der Waals surface area contributed by atoms with Crippen LogP contribution >= 0.6 is 11.3 Å². The number of nitrogens with one attached hydrogen (secondary N) is 2. The molecule has 1 amide bonds. The number of aromatic amines is 1. The molecule has 0 saturated carbocycles. The Morgan fingerprint density at radius 3 is 3.07 bits per heavy atom. The highest BCUT2D eigenvalue weighted by Crippen LogP contribution is 2.30. The molecular weight excluding hydrogens is 362 g/mol. The third kappa shape index (κ3) is 3.32. The molecule has 4 heterocycles. The first-order chi connectivity index (χ1) is 13.1. The number of aromatic nitrogens is 3. The number of rotatable bonds is 3. The summed E-state index contributed by atoms with van der Waals surface area (Å²) in [6, 6.07) is 5.71. The summed E-state index contributed by atoms with van der Waals surface area (Å²) in [6.07, 6.45) is 3.46. The number of pyridine rings is 2. The summed E-state index contributed by atoms with van der Waals surface area (Å²) in [5.74, 6) is 0.123. The van der Waals surface area contributed by atoms with Crippen LogP contribution in [0.25, 0.3) is 10.9 Å². The molecular formula is C19H21N5O2S. The van der Waals surface area contributed by atoms with Gasteiger partial charge in [0.05, 0.1) is 5.69 Å². The van der Waals surface area contributed by atoms with Gasteiger partial charge in [-0.15, -0.1) is 0 Å². The molecule has 1 fully saturated rings. The van der Waals surface area contributed by atoms with Crippen molar-refractivity contribution < 1.29 is 4.79 Å². The van der Waals surface area contributed by atoms with Gasteiger partial charge in [-0.05, 0) is 31.9 Å². The van der Waals surface area contributed by atoms with Crippen molar-refractivity contribution in [3.05, 3.63) is 51.0 Å². The van der Waals surface area contributed by atoms with E-state index in [4.69, 9.17) is 0 Å². The molecule has 3 aromatic rings. The highest BCUT2D eigenvalue weighted by atomic mass is 32.1. The lowest BCUT2D eigenvalue weighted by atomic mass is 9.93. The number of hydrogen-bond acceptors (Lipinski definition) is 6. The van der Waals surface area contributed by atoms with E-state index >= 15 is 0 Å². The number of amides is 1. The van der Waals surface area contributed by atoms with Gasteiger partial charge in [0.15, 0.2) is 5.13 Å². The first-order valence-electron chi connectivity index (χ1n) is 8.99. The average molecular weight is 383 g/mol. The fourth-order valence-electron chi connectivity index (χ4n) is 3.60. The predicted octanol–water partition coefficient (Wildman–Crippen LogP) is 2.75. The number of hydrogen-bond donors (Lipinski definition) is 2. The number of carbonyl (C=O) groups is 1. The Kier molecular flexibility index (Phi) is 4.65. The van der Waals surface area contributed by atoms with Gasteiger partial charge in [0, 0.05) is 43.3 Å². The third-order valence-electron chi connectivity index (χ3n) is 4.98. The van der Waals surface area contributed by atoms with E-state index in [1.165, 1.54) is 11.3 Å². The molecule has 0 aliphatic carbocycles. The Bertz CT molecular complexity index is 1060. The van der Waals surface area contributed by atoms with E-state index in [1.54, 1.807) is 13.2 Å². The normalized spacial score (nSPS) is 17.3. The molecule has 140 valence electrons. The van der Waals surface area contributed by atoms with Gasteiger partial charge in [-0.2, -0.15) is 0 Å². The Labute approximate surface area is 160 Å². The van der Waals surface area contributed by atoms with Gasteiger partial charge in [0.2, 0.25) is 0 Å². The smallest absolute Gasteiger partial charge is 0.274 e. The highest BCUT2D eigenvalue weighted by Gasteiger charge is 2.28. The maximum absolute atomic E-state index is 13.0. The Hall–Kier alpha value is -2.74. The molecule has 1 aliphatic heterocycles. The summed E-state index contributed by atoms with van der Waals surface area (Å²) in [5.41, 5.74) is 1.89. The molecule has 0 unspecified atom stereocenters. The Morgan fingerprint density at radius 2 is 2.30 bits per heavy atom. The Balaban J connectivity index is 1.60. The molecule has 1 saturated heterocycles. The molecule has 27 heavy (non-hydrogen) atoms. The van der Waals surface area contributed by atoms with Gasteiger partial charge in [0.25, 0.3) is 11.5 Å². The van der Waals surface area contributed by atoms with Gasteiger partial charge >= 0.3 is 0 Å². The minimum atomic E-state index is -0.177. The number of likely N-dealkylation sites (tertiary alicyclic amines) is 1. The lowest BCUT2D eigenvalue weighted by Crippen LogP contribution is -2.39. The zero-order valence-electron chi connectivity index (χ0n) is 15.3. The van der Waals surface area contributed by atoms with E-state index < -0.39 is 0 Å². The van der Waals surface area contributed by atoms with Gasteiger partial charge in [0.1, 0.15) is 10.4 Å². The van der Waals surface area contributed by atoms with E-state index in [1.807, 2.05) is 30.0 Å². The van der Waals surface area contributed by atoms with Crippen LogP contribution in [0.2, 0.25) is 0 Å². The second-order valence-corrected chi connectivity index (χ2v) is 7.77. The quantitative estimate of drug-likeness (QED) is 0.726. The molecule has 8 heteroatoms. The maximum atomic E-state index is 13.0. The molecule has 7 nitrogen and oxygen atoms in total. The lowest BCUT2D eigenvalue weighted by Gasteiger charge is -2.32. The molecule has 0 bridgehead atoms. The van der Waals surface area contributed by atoms with E-state index in [-0.39, 0.29) is 17.4 Å². The summed E-state index contributed by atoms with van der Waals surface area (Å²) in [4.78, 5) is 39.4. The number of nitrogens with zero attached hydrogens (tertiary/aromatic N) is 3. The standard InChI is InChI=1S/C19H21N5O2S/c1-11-16(27-19(20-2)22-11)18(26)24-8-4-6-13(10-24)14-9-12-5-3-7-21-15(12)17(25)23-14/h3,5,7,9,13H,4,6,8,10H2,1-2H3,(H,20,22)(H,23,25)/t13-/m1/s1. The molecule has 1 aliphatic rings. The molecule has 4 rings (SSSR count). The van der Waals surface area contributed by atoms with Crippen molar-refractivity contribution in [2.75, 3.05) is 25.5 Å². The molecule has 2 N–H and O–H groups in total. The van der Waals surface area contributed by atoms with Crippen molar-refractivity contribution in [3.63, 3.8) is 0 Å². The van der Waals surface area contributed by atoms with Crippen LogP contribution in [0.15, 0.2) is 29.2 Å². The number of thiazole rings is 1. The van der Waals surface area contributed by atoms with Crippen LogP contribution in [0.1, 0.15) is 39.8 Å². The zero-order chi connectivity index (χ0) is 19.0. The number of carbonyl (C=O) groups excluding carboxylic acids is 1. The van der Waals surface area contributed by atoms with Crippen LogP contribution in [0.3, 0.4) is 0 Å². The first-order valence-corrected chi connectivity index (χ1v) is 9.81. The van der Waals surface area contributed by atoms with E-state index in [0.717, 1.165) is 41.3 Å². The molecule has 0 spiro atoms. The van der Waals surface area contributed by atoms with Crippen LogP contribution in [0.5, 0.6) is 0 Å². The molecule has 1 atom stereocenters. The summed E-state index contributed by atoms with van der Waals surface area (Å²) < 4.78 is 0. The second kappa shape index (κ2) is 7.11. The van der Waals surface area contributed by atoms with Gasteiger partial charge in [-0.3, -0.25) is 14.6 Å². The van der Waals surface area contributed by atoms with Crippen molar-refractivity contribution in [2.24, 2.45) is 0 Å². The zero-order valence-corrected chi connectivity index (χ0v) is 16.1. The monoisotopic (exact) mass is 383 g/mol. The fourth-order valence-corrected chi connectivity index (χ4v) is 4.49. The minimum absolute atomic E-state index is 0.0148. The van der Waals surface area contributed by atoms with E-state index in [2.05, 4.69) is 20.3 Å². The SMILES string of the molecule is CNc1nc(C)c(C(=O)N2CCC[C@@H](c3cc4cccnc4c(=O)[nH]3)C2)s1. The van der Waals surface area contributed by atoms with E-state index in [9.17, 15) is 9.59 Å². The summed E-state index contributed by atoms with van der Waals surface area (Å²) in [6.45, 7) is 3.17. The number of anilines is 1. The number of aryl methyl sites for hydroxylation is 1. The lowest BCUT2D eigenvalue weighted by molar-refractivity contribution is 0.0710. The van der Waals surface area contributed by atoms with Crippen molar-refractivity contribution in [1.29, 1.82) is 0 Å². The number of H-pyrrole nitrogens is 1. The Morgan fingerprint density at radius 1 is 1.44 bits per heavy atom. The van der Waals surface area contributed by atoms with Crippen LogP contribution in [0, 0.1) is 6.92 Å². The highest BCUT2D eigenvalue weighted by molar-refractivity contribution is 7.17. The average Bonchev–Trinajstić information content (AvgIpc) is 3.08. The van der Waals surface area contributed by atoms with Gasteiger partial charge < -0.3 is 15.2 Å². The number of piperidine rings is 1. The summed E-state index contributed by atoms with van der Waals surface area (Å²) >= 11 is 1.38. The van der Waals surface area contributed by atoms with Gasteiger partial charge in [-0.25, -0.2) is 4.98 Å². The topological polar surface area (TPSA) is 91.0 Å². The van der Waals surface area contributed by atoms with Crippen LogP contribution in [0.4, 0.5) is 5.13 Å². The van der Waals surface area contributed by atoms with Crippen LogP contribution in [-0.2, 0) is 0 Å². The van der Waals surface area contributed by atoms with Crippen LogP contribution < -0.4 is 10.9 Å². The van der Waals surface area contributed by atoms with Crippen molar-refractivity contribution in [3.8, 4) is 0 Å². The largest absolute Gasteiger partial charge is 0.365 e. The summed E-state index contributed by atoms with van der Waals surface area (Å²) in [5, 5.41) is 4.57. The van der Waals surface area contributed by atoms with Crippen molar-refractivity contribution in [2.45, 2.75) is 25.7 Å². The van der Waals surface area contributed by atoms with Gasteiger partial charge in [-0.1, -0.05) is 17.4 Å². The fraction of sp³-hybridized carbons (Fsp3) is 0.368. The maximum Gasteiger partial charge on any atom is 0.274 e. The molecule has 0 aromatic carbocycles. The first kappa shape index (κ1) is 17.7. The third-order valence-corrected chi connectivity index (χ3v) is 6.14. The van der Waals surface area contributed by atoms with Crippen molar-refractivity contribution in [1.82, 2.24) is 19.9 Å². The number of fused-ring (bicyclic) bond motifs is 1. The molecule has 0 radical (unpaired) electrons. The van der Waals surface area contributed by atoms with Crippen molar-refractivity contribution >= 4 is 33.3 Å². The minimum Gasteiger partial charge on any atom is -0.365 e.